The number of benzene rings is 1. The maximum absolute atomic E-state index is 13.1. The Morgan fingerprint density at radius 2 is 1.71 bits per heavy atom. The van der Waals surface area contributed by atoms with E-state index in [-0.39, 0.29) is 48.7 Å². The Morgan fingerprint density at radius 1 is 1.00 bits per heavy atom. The van der Waals surface area contributed by atoms with Gasteiger partial charge in [0, 0.05) is 31.1 Å². The Labute approximate surface area is 242 Å². The highest BCUT2D eigenvalue weighted by Crippen LogP contribution is 2.32. The summed E-state index contributed by atoms with van der Waals surface area (Å²) < 4.78 is 10.1. The van der Waals surface area contributed by atoms with Gasteiger partial charge in [-0.2, -0.15) is 0 Å². The van der Waals surface area contributed by atoms with Crippen molar-refractivity contribution in [2.24, 2.45) is 0 Å². The predicted octanol–water partition coefficient (Wildman–Crippen LogP) is 3.41. The third-order valence-electron chi connectivity index (χ3n) is 7.33. The van der Waals surface area contributed by atoms with Crippen LogP contribution in [0.4, 0.5) is 5.69 Å². The lowest BCUT2D eigenvalue weighted by Crippen LogP contribution is -2.54. The molecule has 1 fully saturated rings. The Balaban J connectivity index is 1.07. The summed E-state index contributed by atoms with van der Waals surface area (Å²) in [7, 11) is 0. The van der Waals surface area contributed by atoms with Crippen LogP contribution < -0.4 is 16.1 Å². The van der Waals surface area contributed by atoms with Crippen molar-refractivity contribution in [3.8, 4) is 5.75 Å². The van der Waals surface area contributed by atoms with Gasteiger partial charge in [0.1, 0.15) is 24.7 Å². The Hall–Kier alpha value is -4.48. The molecule has 0 spiro atoms. The van der Waals surface area contributed by atoms with Gasteiger partial charge >= 0.3 is 5.97 Å². The first-order valence-electron chi connectivity index (χ1n) is 14.3. The lowest BCUT2D eigenvalue weighted by molar-refractivity contribution is -0.145. The van der Waals surface area contributed by atoms with Gasteiger partial charge in [0.2, 0.25) is 17.2 Å². The van der Waals surface area contributed by atoms with Gasteiger partial charge < -0.3 is 19.6 Å². The second-order valence-corrected chi connectivity index (χ2v) is 10.4. The minimum absolute atomic E-state index is 0.0788. The highest BCUT2D eigenvalue weighted by Gasteiger charge is 2.45. The Kier molecular flexibility index (Phi) is 10.5. The van der Waals surface area contributed by atoms with Gasteiger partial charge in [0.15, 0.2) is 5.75 Å². The fourth-order valence-electron chi connectivity index (χ4n) is 5.08. The van der Waals surface area contributed by atoms with Crippen molar-refractivity contribution in [1.82, 2.24) is 10.2 Å². The molecule has 42 heavy (non-hydrogen) atoms. The molecule has 1 saturated heterocycles. The molecule has 4 amide bonds. The van der Waals surface area contributed by atoms with E-state index in [0.717, 1.165) is 62.2 Å². The van der Waals surface area contributed by atoms with E-state index in [2.05, 4.69) is 10.6 Å². The molecule has 4 rings (SSSR count). The second-order valence-electron chi connectivity index (χ2n) is 10.4. The number of amides is 4. The van der Waals surface area contributed by atoms with E-state index in [1.54, 1.807) is 18.2 Å². The van der Waals surface area contributed by atoms with E-state index < -0.39 is 40.8 Å². The molecule has 0 radical (unpaired) electrons. The Morgan fingerprint density at radius 3 is 2.43 bits per heavy atom. The van der Waals surface area contributed by atoms with Crippen molar-refractivity contribution in [2.45, 2.75) is 83.3 Å². The quantitative estimate of drug-likeness (QED) is 0.161. The number of ether oxygens (including phenoxy) is 1. The van der Waals surface area contributed by atoms with Crippen LogP contribution in [0.3, 0.4) is 0 Å². The number of unbranched alkanes of at least 4 members (excludes halogenated alkanes) is 7. The summed E-state index contributed by atoms with van der Waals surface area (Å²) in [5, 5.41) is 14.6. The van der Waals surface area contributed by atoms with Crippen molar-refractivity contribution in [1.29, 1.82) is 0 Å². The predicted molar refractivity (Wildman–Crippen MR) is 150 cm³/mol. The van der Waals surface area contributed by atoms with E-state index in [1.807, 2.05) is 0 Å². The van der Waals surface area contributed by atoms with Gasteiger partial charge in [0.25, 0.3) is 11.8 Å². The molecule has 0 saturated carbocycles. The summed E-state index contributed by atoms with van der Waals surface area (Å²) in [6, 6.07) is 5.13. The third kappa shape index (κ3) is 7.62. The van der Waals surface area contributed by atoms with Crippen LogP contribution in [0.5, 0.6) is 5.75 Å². The largest absolute Gasteiger partial charge is 0.502 e. The summed E-state index contributed by atoms with van der Waals surface area (Å²) in [5.41, 5.74) is 0.501. The zero-order valence-corrected chi connectivity index (χ0v) is 23.3. The maximum Gasteiger partial charge on any atom is 0.306 e. The molecule has 2 aromatic rings. The number of imide groups is 2. The average molecular weight is 582 g/mol. The highest BCUT2D eigenvalue weighted by molar-refractivity contribution is 6.25. The first-order valence-corrected chi connectivity index (χ1v) is 14.3. The number of carbonyl (C=O) groups excluding carboxylic acids is 5. The number of nitrogens with one attached hydrogen (secondary N) is 2. The number of hydrogen-bond acceptors (Lipinski definition) is 10. The summed E-state index contributed by atoms with van der Waals surface area (Å²) in [6.07, 6.45) is 9.09. The molecular weight excluding hydrogens is 546 g/mol. The minimum atomic E-state index is -0.987. The average Bonchev–Trinajstić information content (AvgIpc) is 3.22. The van der Waals surface area contributed by atoms with Crippen molar-refractivity contribution in [2.75, 3.05) is 11.9 Å². The van der Waals surface area contributed by atoms with Gasteiger partial charge in [-0.25, -0.2) is 0 Å². The Bertz CT molecular complexity index is 1400. The number of rotatable bonds is 15. The number of nitrogens with zero attached hydrogens (tertiary/aromatic N) is 1. The zero-order valence-electron chi connectivity index (χ0n) is 23.3. The summed E-state index contributed by atoms with van der Waals surface area (Å²) >= 11 is 0. The molecule has 1 unspecified atom stereocenters. The van der Waals surface area contributed by atoms with E-state index in [1.165, 1.54) is 0 Å². The molecule has 12 nitrogen and oxygen atoms in total. The van der Waals surface area contributed by atoms with E-state index in [9.17, 15) is 28.8 Å². The molecule has 0 bridgehead atoms. The number of fused-ring (bicyclic) bond motifs is 1. The van der Waals surface area contributed by atoms with Crippen molar-refractivity contribution in [3.63, 3.8) is 0 Å². The van der Waals surface area contributed by atoms with Crippen LogP contribution in [0.2, 0.25) is 0 Å². The molecule has 3 heterocycles. The van der Waals surface area contributed by atoms with Crippen LogP contribution in [0, 0.1) is 0 Å². The fourth-order valence-corrected chi connectivity index (χ4v) is 5.08. The lowest BCUT2D eigenvalue weighted by atomic mass is 10.0. The number of esters is 1. The SMILES string of the molecule is O=C1CCC(N2C(=O)c3cccc(NCCCCCCCCCCC(=O)OCc4cc(=O)c(O)co4)c3C2=O)C(=O)N1. The summed E-state index contributed by atoms with van der Waals surface area (Å²) in [4.78, 5) is 74.0. The standard InChI is InChI=1S/C30H35N3O9/c34-23-16-19(41-18-24(23)35)17-42-26(37)12-7-5-3-1-2-4-6-8-15-31-21-11-9-10-20-27(21)30(40)33(29(20)39)22-13-14-25(36)32-28(22)38/h9-11,16,18,22,31,35H,1-8,12-15,17H2,(H,32,36,38). The molecule has 224 valence electrons. The van der Waals surface area contributed by atoms with Crippen LogP contribution in [0.25, 0.3) is 0 Å². The third-order valence-corrected chi connectivity index (χ3v) is 7.33. The molecule has 2 aliphatic rings. The van der Waals surface area contributed by atoms with E-state index >= 15 is 0 Å². The topological polar surface area (TPSA) is 172 Å². The number of piperidine rings is 1. The van der Waals surface area contributed by atoms with Crippen LogP contribution in [-0.2, 0) is 25.7 Å². The lowest BCUT2D eigenvalue weighted by Gasteiger charge is -2.27. The zero-order chi connectivity index (χ0) is 30.1. The normalized spacial score (nSPS) is 16.4. The van der Waals surface area contributed by atoms with Crippen molar-refractivity contribution < 1.29 is 38.2 Å². The van der Waals surface area contributed by atoms with Crippen molar-refractivity contribution >= 4 is 35.3 Å². The number of anilines is 1. The molecule has 3 N–H and O–H groups in total. The summed E-state index contributed by atoms with van der Waals surface area (Å²) in [6.45, 7) is 0.483. The van der Waals surface area contributed by atoms with Crippen molar-refractivity contribution in [3.05, 3.63) is 57.6 Å². The van der Waals surface area contributed by atoms with E-state index in [4.69, 9.17) is 14.3 Å². The van der Waals surface area contributed by atoms with Gasteiger partial charge in [0.05, 0.1) is 11.1 Å². The molecule has 12 heteroatoms. The van der Waals surface area contributed by atoms with Crippen LogP contribution >= 0.6 is 0 Å². The molecule has 2 aliphatic heterocycles. The molecule has 1 aromatic heterocycles. The molecule has 1 atom stereocenters. The fraction of sp³-hybridized carbons (Fsp3) is 0.467. The second kappa shape index (κ2) is 14.4. The number of aromatic hydroxyl groups is 1. The van der Waals surface area contributed by atoms with Gasteiger partial charge in [-0.1, -0.05) is 44.6 Å². The summed E-state index contributed by atoms with van der Waals surface area (Å²) in [5.74, 6) is -2.76. The van der Waals surface area contributed by atoms with Gasteiger partial charge in [-0.3, -0.25) is 39.0 Å². The monoisotopic (exact) mass is 581 g/mol. The minimum Gasteiger partial charge on any atom is -0.502 e. The van der Waals surface area contributed by atoms with Crippen LogP contribution in [-0.4, -0.2) is 52.2 Å². The van der Waals surface area contributed by atoms with Gasteiger partial charge in [-0.05, 0) is 31.4 Å². The maximum atomic E-state index is 13.1. The smallest absolute Gasteiger partial charge is 0.306 e. The number of carbonyl (C=O) groups is 5. The first-order chi connectivity index (χ1) is 20.3. The van der Waals surface area contributed by atoms with Crippen LogP contribution in [0.15, 0.2) is 39.7 Å². The molecular formula is C30H35N3O9. The van der Waals surface area contributed by atoms with Gasteiger partial charge in [-0.15, -0.1) is 0 Å². The first kappa shape index (κ1) is 30.5. The number of hydrogen-bond donors (Lipinski definition) is 3. The van der Waals surface area contributed by atoms with Crippen LogP contribution in [0.1, 0.15) is 97.1 Å². The van der Waals surface area contributed by atoms with E-state index in [0.29, 0.717) is 18.7 Å². The highest BCUT2D eigenvalue weighted by atomic mass is 16.5. The molecule has 1 aromatic carbocycles. The molecule has 0 aliphatic carbocycles.